The molecule has 0 fully saturated rings. The van der Waals surface area contributed by atoms with Crippen LogP contribution in [0.5, 0.6) is 0 Å². The van der Waals surface area contributed by atoms with Crippen molar-refractivity contribution in [2.45, 2.75) is 39.1 Å². The first-order valence-electron chi connectivity index (χ1n) is 7.13. The van der Waals surface area contributed by atoms with Crippen LogP contribution in [-0.4, -0.2) is 42.2 Å². The highest BCUT2D eigenvalue weighted by Gasteiger charge is 2.29. The number of esters is 1. The van der Waals surface area contributed by atoms with Crippen LogP contribution in [0.2, 0.25) is 5.02 Å². The molecule has 1 rings (SSSR count). The summed E-state index contributed by atoms with van der Waals surface area (Å²) in [7, 11) is 1.22. The van der Waals surface area contributed by atoms with Gasteiger partial charge in [0.05, 0.1) is 0 Å². The zero-order valence-electron chi connectivity index (χ0n) is 13.9. The number of hydrogen-bond donors (Lipinski definition) is 0. The average Bonchev–Trinajstić information content (AvgIpc) is 2.49. The van der Waals surface area contributed by atoms with E-state index in [1.807, 2.05) is 0 Å². The molecule has 0 spiro atoms. The third-order valence-corrected chi connectivity index (χ3v) is 2.97. The first-order chi connectivity index (χ1) is 11.1. The monoisotopic (exact) mass is 357 g/mol. The van der Waals surface area contributed by atoms with Gasteiger partial charge >= 0.3 is 12.1 Å². The molecule has 0 saturated heterocycles. The maximum atomic E-state index is 11.9. The summed E-state index contributed by atoms with van der Waals surface area (Å²) >= 11 is 5.95. The molecular formula is C16H20ClNO6. The van der Waals surface area contributed by atoms with E-state index in [4.69, 9.17) is 25.9 Å². The Morgan fingerprint density at radius 1 is 1.29 bits per heavy atom. The Balaban J connectivity index is 2.57. The van der Waals surface area contributed by atoms with Gasteiger partial charge in [-0.2, -0.15) is 5.06 Å². The summed E-state index contributed by atoms with van der Waals surface area (Å²) in [5.41, 5.74) is -0.176. The van der Waals surface area contributed by atoms with Gasteiger partial charge in [-0.25, -0.2) is 14.4 Å². The fourth-order valence-electron chi connectivity index (χ4n) is 1.54. The maximum Gasteiger partial charge on any atom is 0.434 e. The number of ether oxygens (including phenoxy) is 2. The molecule has 1 amide bonds. The number of nitrogens with zero attached hydrogens (tertiary/aromatic N) is 1. The Morgan fingerprint density at radius 2 is 1.92 bits per heavy atom. The molecule has 1 aromatic carbocycles. The highest BCUT2D eigenvalue weighted by molar-refractivity contribution is 6.31. The number of rotatable bonds is 6. The number of amides is 1. The van der Waals surface area contributed by atoms with Crippen molar-refractivity contribution in [2.24, 2.45) is 0 Å². The van der Waals surface area contributed by atoms with Crippen LogP contribution in [0, 0.1) is 0 Å². The lowest BCUT2D eigenvalue weighted by atomic mass is 10.2. The summed E-state index contributed by atoms with van der Waals surface area (Å²) in [5.74, 6) is -0.900. The molecule has 1 unspecified atom stereocenters. The van der Waals surface area contributed by atoms with Gasteiger partial charge in [0.25, 0.3) is 0 Å². The lowest BCUT2D eigenvalue weighted by molar-refractivity contribution is -0.196. The van der Waals surface area contributed by atoms with Crippen LogP contribution in [-0.2, 0) is 30.5 Å². The van der Waals surface area contributed by atoms with Gasteiger partial charge < -0.3 is 9.47 Å². The fraction of sp³-hybridized carbons (Fsp3) is 0.438. The summed E-state index contributed by atoms with van der Waals surface area (Å²) < 4.78 is 10.0. The van der Waals surface area contributed by atoms with Gasteiger partial charge in [-0.3, -0.25) is 4.79 Å². The minimum atomic E-state index is -1.57. The van der Waals surface area contributed by atoms with Gasteiger partial charge in [0.1, 0.15) is 12.2 Å². The smallest absolute Gasteiger partial charge is 0.434 e. The SMILES string of the molecule is CN(OC(C=O)C(=O)OC(C)(C)C)C(=O)OCc1ccccc1Cl. The van der Waals surface area contributed by atoms with Crippen LogP contribution in [0.4, 0.5) is 4.79 Å². The van der Waals surface area contributed by atoms with Crippen LogP contribution >= 0.6 is 11.6 Å². The number of halogens is 1. The second kappa shape index (κ2) is 8.65. The van der Waals surface area contributed by atoms with Crippen molar-refractivity contribution in [1.29, 1.82) is 0 Å². The van der Waals surface area contributed by atoms with Crippen molar-refractivity contribution < 1.29 is 28.7 Å². The van der Waals surface area contributed by atoms with E-state index < -0.39 is 23.8 Å². The van der Waals surface area contributed by atoms with Crippen molar-refractivity contribution in [3.8, 4) is 0 Å². The van der Waals surface area contributed by atoms with Crippen molar-refractivity contribution in [3.05, 3.63) is 34.9 Å². The van der Waals surface area contributed by atoms with E-state index in [1.165, 1.54) is 7.05 Å². The first kappa shape index (κ1) is 19.9. The number of hydrogen-bond acceptors (Lipinski definition) is 6. The van der Waals surface area contributed by atoms with Crippen molar-refractivity contribution in [3.63, 3.8) is 0 Å². The molecule has 7 nitrogen and oxygen atoms in total. The fourth-order valence-corrected chi connectivity index (χ4v) is 1.73. The molecule has 0 aliphatic rings. The molecule has 132 valence electrons. The first-order valence-corrected chi connectivity index (χ1v) is 7.50. The molecule has 0 N–H and O–H groups in total. The molecule has 1 atom stereocenters. The standard InChI is InChI=1S/C16H20ClNO6/c1-16(2,3)23-14(20)13(9-19)24-18(4)15(21)22-10-11-7-5-6-8-12(11)17/h5-9,13H,10H2,1-4H3. The molecule has 8 heteroatoms. The van der Waals surface area contributed by atoms with E-state index in [9.17, 15) is 14.4 Å². The minimum Gasteiger partial charge on any atom is -0.458 e. The van der Waals surface area contributed by atoms with E-state index >= 15 is 0 Å². The molecule has 0 saturated carbocycles. The number of benzene rings is 1. The Labute approximate surface area is 145 Å². The second-order valence-electron chi connectivity index (χ2n) is 5.84. The molecule has 0 aromatic heterocycles. The van der Waals surface area contributed by atoms with Crippen LogP contribution < -0.4 is 0 Å². The number of carbonyl (C=O) groups excluding carboxylic acids is 3. The van der Waals surface area contributed by atoms with Crippen LogP contribution in [0.3, 0.4) is 0 Å². The van der Waals surface area contributed by atoms with Crippen molar-refractivity contribution >= 4 is 29.9 Å². The van der Waals surface area contributed by atoms with Gasteiger partial charge in [0.2, 0.25) is 6.10 Å². The highest BCUT2D eigenvalue weighted by Crippen LogP contribution is 2.16. The summed E-state index contributed by atoms with van der Waals surface area (Å²) in [6, 6.07) is 6.86. The van der Waals surface area contributed by atoms with Gasteiger partial charge in [0.15, 0.2) is 6.29 Å². The normalized spacial score (nSPS) is 12.2. The molecule has 1 aromatic rings. The highest BCUT2D eigenvalue weighted by atomic mass is 35.5. The van der Waals surface area contributed by atoms with Crippen LogP contribution in [0.25, 0.3) is 0 Å². The maximum absolute atomic E-state index is 11.9. The van der Waals surface area contributed by atoms with Gasteiger partial charge in [-0.15, -0.1) is 0 Å². The summed E-state index contributed by atoms with van der Waals surface area (Å²) in [6.07, 6.45) is -2.21. The summed E-state index contributed by atoms with van der Waals surface area (Å²) in [6.45, 7) is 4.86. The van der Waals surface area contributed by atoms with E-state index in [0.29, 0.717) is 15.6 Å². The second-order valence-corrected chi connectivity index (χ2v) is 6.25. The number of hydroxylamine groups is 2. The minimum absolute atomic E-state index is 0.0790. The van der Waals surface area contributed by atoms with Gasteiger partial charge in [-0.1, -0.05) is 29.8 Å². The van der Waals surface area contributed by atoms with Crippen LogP contribution in [0.15, 0.2) is 24.3 Å². The van der Waals surface area contributed by atoms with E-state index in [-0.39, 0.29) is 12.9 Å². The molecule has 0 radical (unpaired) electrons. The number of carbonyl (C=O) groups is 3. The molecule has 24 heavy (non-hydrogen) atoms. The van der Waals surface area contributed by atoms with Crippen molar-refractivity contribution in [2.75, 3.05) is 7.05 Å². The Morgan fingerprint density at radius 3 is 2.46 bits per heavy atom. The lowest BCUT2D eigenvalue weighted by Crippen LogP contribution is -2.40. The molecule has 0 heterocycles. The number of aldehydes is 1. The topological polar surface area (TPSA) is 82.1 Å². The Hall–Kier alpha value is -2.12. The zero-order valence-corrected chi connectivity index (χ0v) is 14.7. The van der Waals surface area contributed by atoms with E-state index in [0.717, 1.165) is 0 Å². The third kappa shape index (κ3) is 6.55. The van der Waals surface area contributed by atoms with Gasteiger partial charge in [0, 0.05) is 17.6 Å². The average molecular weight is 358 g/mol. The Kier molecular flexibility index (Phi) is 7.18. The molecule has 0 bridgehead atoms. The van der Waals surface area contributed by atoms with E-state index in [1.54, 1.807) is 45.0 Å². The van der Waals surface area contributed by atoms with Crippen molar-refractivity contribution in [1.82, 2.24) is 5.06 Å². The van der Waals surface area contributed by atoms with Crippen LogP contribution in [0.1, 0.15) is 26.3 Å². The van der Waals surface area contributed by atoms with E-state index in [2.05, 4.69) is 0 Å². The van der Waals surface area contributed by atoms with Gasteiger partial charge in [-0.05, 0) is 26.8 Å². The predicted octanol–water partition coefficient (Wildman–Crippen LogP) is 2.75. The largest absolute Gasteiger partial charge is 0.458 e. The molecular weight excluding hydrogens is 338 g/mol. The Bertz CT molecular complexity index is 598. The zero-order chi connectivity index (χ0) is 18.3. The third-order valence-electron chi connectivity index (χ3n) is 2.60. The molecule has 0 aliphatic heterocycles. The lowest BCUT2D eigenvalue weighted by Gasteiger charge is -2.24. The molecule has 0 aliphatic carbocycles. The summed E-state index contributed by atoms with van der Waals surface area (Å²) in [4.78, 5) is 39.6. The summed E-state index contributed by atoms with van der Waals surface area (Å²) in [5, 5.41) is 1.10. The quantitative estimate of drug-likeness (QED) is 0.337. The predicted molar refractivity (Wildman–Crippen MR) is 86.2 cm³/mol.